The summed E-state index contributed by atoms with van der Waals surface area (Å²) in [6.07, 6.45) is 6.06. The standard InChI is InChI=1S/C23H33N7O2/c1-16-14-20(7-2-17(16)15-26-19-5-3-18(24)4-6-19)30-11-8-21(28-23(30)32)27-22(31)29-12-9-25-10-13-29/h2,7-8,11,14,18-19,25-26H,3-6,9-10,12-13,15,24H2,1H3,(H,27,28,31,32). The zero-order chi connectivity index (χ0) is 22.5. The summed E-state index contributed by atoms with van der Waals surface area (Å²) in [5.74, 6) is 0.263. The topological polar surface area (TPSA) is 117 Å². The van der Waals surface area contributed by atoms with Crippen molar-refractivity contribution in [2.45, 2.75) is 51.2 Å². The van der Waals surface area contributed by atoms with Gasteiger partial charge in [0.1, 0.15) is 5.82 Å². The fraction of sp³-hybridized carbons (Fsp3) is 0.522. The monoisotopic (exact) mass is 439 g/mol. The molecule has 2 aromatic rings. The Morgan fingerprint density at radius 1 is 1.19 bits per heavy atom. The van der Waals surface area contributed by atoms with E-state index in [1.54, 1.807) is 17.2 Å². The van der Waals surface area contributed by atoms with Crippen molar-refractivity contribution in [1.29, 1.82) is 0 Å². The lowest BCUT2D eigenvalue weighted by Crippen LogP contribution is -2.48. The third-order valence-corrected chi connectivity index (χ3v) is 6.40. The molecule has 1 saturated carbocycles. The molecule has 2 fully saturated rings. The van der Waals surface area contributed by atoms with E-state index < -0.39 is 5.69 Å². The summed E-state index contributed by atoms with van der Waals surface area (Å²) in [6, 6.07) is 8.27. The van der Waals surface area contributed by atoms with Gasteiger partial charge in [-0.2, -0.15) is 4.98 Å². The predicted molar refractivity (Wildman–Crippen MR) is 125 cm³/mol. The first-order valence-corrected chi connectivity index (χ1v) is 11.4. The Morgan fingerprint density at radius 3 is 2.62 bits per heavy atom. The number of nitrogens with two attached hydrogens (primary N) is 1. The summed E-state index contributed by atoms with van der Waals surface area (Å²) in [5, 5.41) is 9.56. The average molecular weight is 440 g/mol. The van der Waals surface area contributed by atoms with Crippen LogP contribution in [0.4, 0.5) is 10.6 Å². The van der Waals surface area contributed by atoms with Gasteiger partial charge in [-0.1, -0.05) is 6.07 Å². The average Bonchev–Trinajstić information content (AvgIpc) is 2.80. The molecule has 0 radical (unpaired) electrons. The molecule has 0 spiro atoms. The molecule has 32 heavy (non-hydrogen) atoms. The van der Waals surface area contributed by atoms with Gasteiger partial charge in [0.15, 0.2) is 0 Å². The number of anilines is 1. The summed E-state index contributed by atoms with van der Waals surface area (Å²) in [4.78, 5) is 30.7. The molecule has 1 aliphatic carbocycles. The van der Waals surface area contributed by atoms with Crippen LogP contribution in [0.5, 0.6) is 0 Å². The first-order valence-electron chi connectivity index (χ1n) is 11.4. The fourth-order valence-corrected chi connectivity index (χ4v) is 4.33. The van der Waals surface area contributed by atoms with E-state index in [9.17, 15) is 9.59 Å². The number of rotatable bonds is 5. The molecule has 0 unspecified atom stereocenters. The Hall–Kier alpha value is -2.75. The minimum atomic E-state index is -0.424. The number of nitrogens with one attached hydrogen (secondary N) is 3. The third kappa shape index (κ3) is 5.53. The lowest BCUT2D eigenvalue weighted by atomic mass is 9.91. The molecule has 1 saturated heterocycles. The van der Waals surface area contributed by atoms with Crippen molar-refractivity contribution in [3.8, 4) is 5.69 Å². The van der Waals surface area contributed by atoms with E-state index >= 15 is 0 Å². The van der Waals surface area contributed by atoms with Crippen LogP contribution in [0.3, 0.4) is 0 Å². The molecule has 2 heterocycles. The zero-order valence-electron chi connectivity index (χ0n) is 18.6. The number of nitrogens with zero attached hydrogens (tertiary/aromatic N) is 3. The number of hydrogen-bond donors (Lipinski definition) is 4. The lowest BCUT2D eigenvalue weighted by Gasteiger charge is -2.27. The maximum Gasteiger partial charge on any atom is 0.354 e. The highest BCUT2D eigenvalue weighted by Crippen LogP contribution is 2.19. The molecule has 1 aromatic carbocycles. The van der Waals surface area contributed by atoms with Gasteiger partial charge in [0.2, 0.25) is 0 Å². The van der Waals surface area contributed by atoms with Gasteiger partial charge in [0.25, 0.3) is 0 Å². The van der Waals surface area contributed by atoms with E-state index in [1.807, 2.05) is 12.1 Å². The van der Waals surface area contributed by atoms with Crippen molar-refractivity contribution in [1.82, 2.24) is 25.1 Å². The third-order valence-electron chi connectivity index (χ3n) is 6.40. The van der Waals surface area contributed by atoms with Crippen molar-refractivity contribution in [2.24, 2.45) is 5.73 Å². The van der Waals surface area contributed by atoms with Crippen LogP contribution in [0, 0.1) is 6.92 Å². The molecule has 5 N–H and O–H groups in total. The minimum absolute atomic E-state index is 0.233. The number of carbonyl (C=O) groups excluding carboxylic acids is 1. The quantitative estimate of drug-likeness (QED) is 0.559. The fourth-order valence-electron chi connectivity index (χ4n) is 4.33. The second kappa shape index (κ2) is 10.2. The van der Waals surface area contributed by atoms with Gasteiger partial charge in [0.05, 0.1) is 5.69 Å². The molecular weight excluding hydrogens is 406 g/mol. The number of benzene rings is 1. The van der Waals surface area contributed by atoms with Gasteiger partial charge < -0.3 is 21.3 Å². The molecule has 2 aliphatic rings. The minimum Gasteiger partial charge on any atom is -0.328 e. The maximum absolute atomic E-state index is 12.6. The van der Waals surface area contributed by atoms with Gasteiger partial charge in [0, 0.05) is 51.0 Å². The van der Waals surface area contributed by atoms with Crippen LogP contribution in [0.25, 0.3) is 5.69 Å². The van der Waals surface area contributed by atoms with E-state index in [-0.39, 0.29) is 11.8 Å². The normalized spacial score (nSPS) is 21.4. The largest absolute Gasteiger partial charge is 0.354 e. The summed E-state index contributed by atoms with van der Waals surface area (Å²) in [6.45, 7) is 5.66. The van der Waals surface area contributed by atoms with E-state index in [2.05, 4.69) is 33.9 Å². The smallest absolute Gasteiger partial charge is 0.328 e. The Kier molecular flexibility index (Phi) is 7.19. The summed E-state index contributed by atoms with van der Waals surface area (Å²) >= 11 is 0. The van der Waals surface area contributed by atoms with Crippen LogP contribution >= 0.6 is 0 Å². The van der Waals surface area contributed by atoms with Gasteiger partial charge >= 0.3 is 11.7 Å². The van der Waals surface area contributed by atoms with Crippen LogP contribution < -0.4 is 27.4 Å². The zero-order valence-corrected chi connectivity index (χ0v) is 18.6. The van der Waals surface area contributed by atoms with Gasteiger partial charge in [-0.15, -0.1) is 0 Å². The van der Waals surface area contributed by atoms with Gasteiger partial charge in [-0.25, -0.2) is 9.59 Å². The first-order chi connectivity index (χ1) is 15.5. The lowest BCUT2D eigenvalue weighted by molar-refractivity contribution is 0.204. The van der Waals surface area contributed by atoms with Gasteiger partial charge in [-0.3, -0.25) is 9.88 Å². The number of aryl methyl sites for hydroxylation is 1. The van der Waals surface area contributed by atoms with E-state index in [4.69, 9.17) is 5.73 Å². The maximum atomic E-state index is 12.6. The van der Waals surface area contributed by atoms with Crippen LogP contribution in [0.2, 0.25) is 0 Å². The summed E-state index contributed by atoms with van der Waals surface area (Å²) in [5.41, 5.74) is 8.66. The van der Waals surface area contributed by atoms with E-state index in [0.29, 0.717) is 25.2 Å². The highest BCUT2D eigenvalue weighted by Gasteiger charge is 2.19. The van der Waals surface area contributed by atoms with Gasteiger partial charge in [-0.05, 0) is 61.9 Å². The molecule has 1 aromatic heterocycles. The summed E-state index contributed by atoms with van der Waals surface area (Å²) < 4.78 is 1.49. The second-order valence-corrected chi connectivity index (χ2v) is 8.74. The molecule has 4 rings (SSSR count). The van der Waals surface area contributed by atoms with Crippen LogP contribution in [0.15, 0.2) is 35.3 Å². The highest BCUT2D eigenvalue weighted by molar-refractivity contribution is 5.88. The molecule has 0 atom stereocenters. The number of amides is 2. The molecule has 9 nitrogen and oxygen atoms in total. The van der Waals surface area contributed by atoms with Crippen molar-refractivity contribution in [3.05, 3.63) is 52.1 Å². The highest BCUT2D eigenvalue weighted by atomic mass is 16.2. The molecule has 9 heteroatoms. The molecule has 1 aliphatic heterocycles. The van der Waals surface area contributed by atoms with Crippen LogP contribution in [-0.2, 0) is 6.54 Å². The van der Waals surface area contributed by atoms with Crippen molar-refractivity contribution in [3.63, 3.8) is 0 Å². The van der Waals surface area contributed by atoms with E-state index in [0.717, 1.165) is 56.6 Å². The predicted octanol–water partition coefficient (Wildman–Crippen LogP) is 1.34. The van der Waals surface area contributed by atoms with E-state index in [1.165, 1.54) is 10.1 Å². The number of aromatic nitrogens is 2. The number of piperazine rings is 1. The second-order valence-electron chi connectivity index (χ2n) is 8.74. The molecule has 172 valence electrons. The Balaban J connectivity index is 1.39. The van der Waals surface area contributed by atoms with Crippen molar-refractivity contribution in [2.75, 3.05) is 31.5 Å². The number of carbonyl (C=O) groups is 1. The SMILES string of the molecule is Cc1cc(-n2ccc(NC(=O)N3CCNCC3)nc2=O)ccc1CNC1CCC(N)CC1. The molecular formula is C23H33N7O2. The number of hydrogen-bond acceptors (Lipinski definition) is 6. The Bertz CT molecular complexity index is 992. The summed E-state index contributed by atoms with van der Waals surface area (Å²) in [7, 11) is 0. The molecule has 0 bridgehead atoms. The van der Waals surface area contributed by atoms with Crippen molar-refractivity contribution < 1.29 is 4.79 Å². The molecule has 2 amide bonds. The Labute approximate surface area is 188 Å². The first kappa shape index (κ1) is 22.4. The Morgan fingerprint density at radius 2 is 1.94 bits per heavy atom. The van der Waals surface area contributed by atoms with Crippen molar-refractivity contribution >= 4 is 11.8 Å². The number of urea groups is 1. The van der Waals surface area contributed by atoms with Crippen LogP contribution in [0.1, 0.15) is 36.8 Å². The van der Waals surface area contributed by atoms with Crippen LogP contribution in [-0.4, -0.2) is 58.7 Å².